The van der Waals surface area contributed by atoms with Crippen LogP contribution in [0.2, 0.25) is 0 Å². The fourth-order valence-electron chi connectivity index (χ4n) is 4.46. The third kappa shape index (κ3) is 2.80. The predicted octanol–water partition coefficient (Wildman–Crippen LogP) is 2.44. The van der Waals surface area contributed by atoms with Crippen molar-refractivity contribution in [3.05, 3.63) is 24.3 Å². The predicted molar refractivity (Wildman–Crippen MR) is 92.5 cm³/mol. The highest BCUT2D eigenvalue weighted by Gasteiger charge is 2.45. The minimum absolute atomic E-state index is 0.0525. The summed E-state index contributed by atoms with van der Waals surface area (Å²) >= 11 is 0. The summed E-state index contributed by atoms with van der Waals surface area (Å²) in [6, 6.07) is 8.38. The maximum absolute atomic E-state index is 13.4. The SMILES string of the molecule is COCCN1C(=O)C2CC(CN2C2CCCC2)Oc2ccccc21. The molecule has 5 nitrogen and oxygen atoms in total. The van der Waals surface area contributed by atoms with Crippen molar-refractivity contribution in [2.24, 2.45) is 0 Å². The van der Waals surface area contributed by atoms with Gasteiger partial charge in [0.25, 0.3) is 0 Å². The van der Waals surface area contributed by atoms with Gasteiger partial charge in [0.1, 0.15) is 11.9 Å². The van der Waals surface area contributed by atoms with Gasteiger partial charge < -0.3 is 14.4 Å². The normalized spacial score (nSPS) is 27.7. The molecular weight excluding hydrogens is 304 g/mol. The molecule has 1 amide bonds. The molecule has 1 aromatic rings. The molecule has 24 heavy (non-hydrogen) atoms. The lowest BCUT2D eigenvalue weighted by Crippen LogP contribution is -2.49. The summed E-state index contributed by atoms with van der Waals surface area (Å²) in [5.41, 5.74) is 0.877. The molecule has 0 N–H and O–H groups in total. The largest absolute Gasteiger partial charge is 0.487 e. The highest BCUT2D eigenvalue weighted by Crippen LogP contribution is 2.38. The number of ether oxygens (including phenoxy) is 2. The zero-order valence-corrected chi connectivity index (χ0v) is 14.3. The van der Waals surface area contributed by atoms with Crippen molar-refractivity contribution < 1.29 is 14.3 Å². The summed E-state index contributed by atoms with van der Waals surface area (Å²) in [4.78, 5) is 17.7. The van der Waals surface area contributed by atoms with Crippen LogP contribution in [-0.4, -0.2) is 55.8 Å². The van der Waals surface area contributed by atoms with Crippen molar-refractivity contribution in [3.63, 3.8) is 0 Å². The number of para-hydroxylation sites is 2. The van der Waals surface area contributed by atoms with Crippen molar-refractivity contribution in [2.45, 2.75) is 50.3 Å². The Labute approximate surface area is 143 Å². The summed E-state index contributed by atoms with van der Waals surface area (Å²) in [5.74, 6) is 1.02. The van der Waals surface area contributed by atoms with Gasteiger partial charge in [0.05, 0.1) is 18.3 Å². The van der Waals surface area contributed by atoms with Gasteiger partial charge in [-0.1, -0.05) is 25.0 Å². The number of carbonyl (C=O) groups excluding carboxylic acids is 1. The number of amides is 1. The second-order valence-electron chi connectivity index (χ2n) is 7.08. The summed E-state index contributed by atoms with van der Waals surface area (Å²) in [7, 11) is 1.67. The molecule has 2 bridgehead atoms. The topological polar surface area (TPSA) is 42.0 Å². The van der Waals surface area contributed by atoms with Gasteiger partial charge in [-0.25, -0.2) is 0 Å². The molecule has 0 spiro atoms. The quantitative estimate of drug-likeness (QED) is 0.850. The number of rotatable bonds is 4. The van der Waals surface area contributed by atoms with Crippen LogP contribution >= 0.6 is 0 Å². The Morgan fingerprint density at radius 3 is 2.83 bits per heavy atom. The first kappa shape index (κ1) is 15.9. The van der Waals surface area contributed by atoms with E-state index < -0.39 is 0 Å². The second-order valence-corrected chi connectivity index (χ2v) is 7.08. The number of benzene rings is 1. The molecule has 2 unspecified atom stereocenters. The second kappa shape index (κ2) is 6.73. The number of carbonyl (C=O) groups is 1. The summed E-state index contributed by atoms with van der Waals surface area (Å²) < 4.78 is 11.5. The van der Waals surface area contributed by atoms with Crippen molar-refractivity contribution in [2.75, 3.05) is 31.7 Å². The lowest BCUT2D eigenvalue weighted by atomic mass is 10.1. The highest BCUT2D eigenvalue weighted by molar-refractivity contribution is 5.99. The van der Waals surface area contributed by atoms with Crippen LogP contribution in [-0.2, 0) is 9.53 Å². The fourth-order valence-corrected chi connectivity index (χ4v) is 4.46. The minimum atomic E-state index is -0.0525. The molecule has 0 radical (unpaired) electrons. The number of hydrogen-bond acceptors (Lipinski definition) is 4. The molecule has 1 saturated heterocycles. The highest BCUT2D eigenvalue weighted by atomic mass is 16.5. The summed E-state index contributed by atoms with van der Waals surface area (Å²) in [5, 5.41) is 0. The zero-order chi connectivity index (χ0) is 16.5. The van der Waals surface area contributed by atoms with Gasteiger partial charge in [0.2, 0.25) is 5.91 Å². The first-order valence-electron chi connectivity index (χ1n) is 9.09. The van der Waals surface area contributed by atoms with Crippen LogP contribution in [0.15, 0.2) is 24.3 Å². The third-order valence-electron chi connectivity index (χ3n) is 5.61. The molecule has 130 valence electrons. The molecule has 2 aliphatic heterocycles. The van der Waals surface area contributed by atoms with Crippen LogP contribution in [0.25, 0.3) is 0 Å². The average Bonchev–Trinajstić information content (AvgIpc) is 3.24. The minimum Gasteiger partial charge on any atom is -0.487 e. The molecule has 2 heterocycles. The summed E-state index contributed by atoms with van der Waals surface area (Å²) in [6.07, 6.45) is 5.89. The average molecular weight is 330 g/mol. The smallest absolute Gasteiger partial charge is 0.244 e. The lowest BCUT2D eigenvalue weighted by molar-refractivity contribution is -0.123. The molecule has 0 aromatic heterocycles. The van der Waals surface area contributed by atoms with Gasteiger partial charge in [-0.2, -0.15) is 0 Å². The van der Waals surface area contributed by atoms with E-state index in [1.54, 1.807) is 7.11 Å². The van der Waals surface area contributed by atoms with E-state index in [-0.39, 0.29) is 18.1 Å². The van der Waals surface area contributed by atoms with Gasteiger partial charge in [0.15, 0.2) is 0 Å². The number of likely N-dealkylation sites (tertiary alicyclic amines) is 1. The fraction of sp³-hybridized carbons (Fsp3) is 0.632. The monoisotopic (exact) mass is 330 g/mol. The van der Waals surface area contributed by atoms with Crippen molar-refractivity contribution >= 4 is 11.6 Å². The molecular formula is C19H26N2O3. The van der Waals surface area contributed by atoms with E-state index in [0.717, 1.165) is 24.4 Å². The van der Waals surface area contributed by atoms with Crippen molar-refractivity contribution in [3.8, 4) is 5.75 Å². The van der Waals surface area contributed by atoms with E-state index >= 15 is 0 Å². The Kier molecular flexibility index (Phi) is 4.46. The number of anilines is 1. The van der Waals surface area contributed by atoms with Crippen molar-refractivity contribution in [1.82, 2.24) is 4.90 Å². The van der Waals surface area contributed by atoms with Crippen LogP contribution in [0.4, 0.5) is 5.69 Å². The first-order valence-corrected chi connectivity index (χ1v) is 9.09. The Hall–Kier alpha value is -1.59. The number of hydrogen-bond donors (Lipinski definition) is 0. The Balaban J connectivity index is 1.67. The number of nitrogens with zero attached hydrogens (tertiary/aromatic N) is 2. The Morgan fingerprint density at radius 2 is 2.04 bits per heavy atom. The Bertz CT molecular complexity index is 600. The van der Waals surface area contributed by atoms with Crippen LogP contribution in [0, 0.1) is 0 Å². The van der Waals surface area contributed by atoms with Gasteiger partial charge in [0, 0.05) is 32.7 Å². The molecule has 3 aliphatic rings. The molecule has 2 fully saturated rings. The zero-order valence-electron chi connectivity index (χ0n) is 14.3. The molecule has 1 aliphatic carbocycles. The van der Waals surface area contributed by atoms with Crippen molar-refractivity contribution in [1.29, 1.82) is 0 Å². The number of fused-ring (bicyclic) bond motifs is 3. The van der Waals surface area contributed by atoms with E-state index in [1.807, 2.05) is 29.2 Å². The van der Waals surface area contributed by atoms with E-state index in [9.17, 15) is 4.79 Å². The third-order valence-corrected chi connectivity index (χ3v) is 5.61. The Morgan fingerprint density at radius 1 is 1.25 bits per heavy atom. The molecule has 1 saturated carbocycles. The van der Waals surface area contributed by atoms with Crippen LogP contribution in [0.1, 0.15) is 32.1 Å². The molecule has 5 heteroatoms. The molecule has 2 atom stereocenters. The molecule has 4 rings (SSSR count). The van der Waals surface area contributed by atoms with Gasteiger partial charge >= 0.3 is 0 Å². The van der Waals surface area contributed by atoms with E-state index in [1.165, 1.54) is 25.7 Å². The number of methoxy groups -OCH3 is 1. The van der Waals surface area contributed by atoms with Gasteiger partial charge in [-0.15, -0.1) is 0 Å². The van der Waals surface area contributed by atoms with Gasteiger partial charge in [-0.05, 0) is 25.0 Å². The lowest BCUT2D eigenvalue weighted by Gasteiger charge is -2.33. The first-order chi connectivity index (χ1) is 11.8. The summed E-state index contributed by atoms with van der Waals surface area (Å²) in [6.45, 7) is 1.96. The maximum atomic E-state index is 13.4. The van der Waals surface area contributed by atoms with Gasteiger partial charge in [-0.3, -0.25) is 9.69 Å². The van der Waals surface area contributed by atoms with Crippen LogP contribution in [0.3, 0.4) is 0 Å². The van der Waals surface area contributed by atoms with E-state index in [4.69, 9.17) is 9.47 Å². The standard InChI is InChI=1S/C19H26N2O3/c1-23-11-10-20-16-8-4-5-9-18(16)24-15-12-17(19(20)22)21(13-15)14-6-2-3-7-14/h4-5,8-9,14-15,17H,2-3,6-7,10-13H2,1H3. The van der Waals surface area contributed by atoms with Crippen LogP contribution < -0.4 is 9.64 Å². The maximum Gasteiger partial charge on any atom is 0.244 e. The molecule has 1 aromatic carbocycles. The van der Waals surface area contributed by atoms with E-state index in [0.29, 0.717) is 19.2 Å². The van der Waals surface area contributed by atoms with E-state index in [2.05, 4.69) is 4.90 Å². The van der Waals surface area contributed by atoms with Crippen LogP contribution in [0.5, 0.6) is 5.75 Å².